The molecule has 81 heavy (non-hydrogen) atoms. The maximum atomic E-state index is 12.9. The molecule has 0 aliphatic rings. The van der Waals surface area contributed by atoms with Gasteiger partial charge in [0.15, 0.2) is 6.10 Å². The highest BCUT2D eigenvalue weighted by molar-refractivity contribution is 5.71. The molecule has 0 saturated heterocycles. The van der Waals surface area contributed by atoms with Crippen LogP contribution in [-0.4, -0.2) is 37.2 Å². The normalized spacial score (nSPS) is 12.9. The highest BCUT2D eigenvalue weighted by Gasteiger charge is 2.19. The second-order valence-electron chi connectivity index (χ2n) is 22.3. The molecule has 0 aromatic heterocycles. The number of hydrogen-bond donors (Lipinski definition) is 0. The number of hydrogen-bond acceptors (Lipinski definition) is 6. The predicted molar refractivity (Wildman–Crippen MR) is 353 cm³/mol. The molecule has 6 heteroatoms. The van der Waals surface area contributed by atoms with E-state index in [9.17, 15) is 14.4 Å². The van der Waals surface area contributed by atoms with Gasteiger partial charge >= 0.3 is 17.9 Å². The van der Waals surface area contributed by atoms with Gasteiger partial charge in [-0.05, 0) is 122 Å². The third-order valence-corrected chi connectivity index (χ3v) is 14.4. The summed E-state index contributed by atoms with van der Waals surface area (Å²) in [6, 6.07) is 0. The molecule has 0 aromatic rings. The SMILES string of the molecule is CC/C=C\C/C=C\C/C=C\C/C=C\CCCCCCCCCCCCCCCCCCCCCCCCC(=O)OCC(COC(=O)CCCCC/C=C\C/C=C\C/C=C\CC)OC(=O)CCCCCCC/C=C\C/C=C\C/C=C\CC. The van der Waals surface area contributed by atoms with Gasteiger partial charge in [-0.1, -0.05) is 296 Å². The molecule has 0 heterocycles. The monoisotopic (exact) mass is 1120 g/mol. The molecule has 0 aliphatic heterocycles. The first-order valence-corrected chi connectivity index (χ1v) is 34.0. The number of carbonyl (C=O) groups is 3. The zero-order valence-corrected chi connectivity index (χ0v) is 53.0. The fraction of sp³-hybridized carbons (Fsp3) is 0.693. The Hall–Kier alpha value is -4.19. The van der Waals surface area contributed by atoms with E-state index in [1.807, 2.05) is 0 Å². The summed E-state index contributed by atoms with van der Waals surface area (Å²) in [6.45, 7) is 6.28. The molecule has 0 saturated carbocycles. The van der Waals surface area contributed by atoms with E-state index in [0.29, 0.717) is 19.3 Å². The maximum Gasteiger partial charge on any atom is 0.306 e. The molecular weight excluding hydrogens is 997 g/mol. The van der Waals surface area contributed by atoms with Crippen molar-refractivity contribution in [1.29, 1.82) is 0 Å². The lowest BCUT2D eigenvalue weighted by molar-refractivity contribution is -0.167. The lowest BCUT2D eigenvalue weighted by Gasteiger charge is -2.18. The molecule has 0 radical (unpaired) electrons. The number of unbranched alkanes of at least 4 members (excludes halogenated alkanes) is 30. The van der Waals surface area contributed by atoms with E-state index in [0.717, 1.165) is 148 Å². The minimum Gasteiger partial charge on any atom is -0.462 e. The van der Waals surface area contributed by atoms with Crippen molar-refractivity contribution in [1.82, 2.24) is 0 Å². The summed E-state index contributed by atoms with van der Waals surface area (Å²) in [4.78, 5) is 38.3. The Kier molecular flexibility index (Phi) is 64.8. The van der Waals surface area contributed by atoms with Crippen molar-refractivity contribution in [3.8, 4) is 0 Å². The summed E-state index contributed by atoms with van der Waals surface area (Å²) in [5, 5.41) is 0. The Balaban J connectivity index is 4.12. The number of esters is 3. The van der Waals surface area contributed by atoms with Crippen LogP contribution in [0.2, 0.25) is 0 Å². The molecular formula is C75H126O6. The molecule has 0 spiro atoms. The molecule has 0 fully saturated rings. The van der Waals surface area contributed by atoms with Crippen LogP contribution in [0.1, 0.15) is 316 Å². The van der Waals surface area contributed by atoms with E-state index in [-0.39, 0.29) is 31.1 Å². The van der Waals surface area contributed by atoms with Gasteiger partial charge in [-0.25, -0.2) is 0 Å². The topological polar surface area (TPSA) is 78.9 Å². The highest BCUT2D eigenvalue weighted by atomic mass is 16.6. The van der Waals surface area contributed by atoms with Crippen LogP contribution < -0.4 is 0 Å². The Morgan fingerprint density at radius 1 is 0.247 bits per heavy atom. The summed E-state index contributed by atoms with van der Waals surface area (Å²) >= 11 is 0. The van der Waals surface area contributed by atoms with Gasteiger partial charge in [0.2, 0.25) is 0 Å². The summed E-state index contributed by atoms with van der Waals surface area (Å²) in [6.07, 6.45) is 95.3. The molecule has 0 rings (SSSR count). The largest absolute Gasteiger partial charge is 0.462 e. The van der Waals surface area contributed by atoms with E-state index in [1.165, 1.54) is 128 Å². The van der Waals surface area contributed by atoms with Crippen molar-refractivity contribution in [2.75, 3.05) is 13.2 Å². The Morgan fingerprint density at radius 2 is 0.444 bits per heavy atom. The van der Waals surface area contributed by atoms with Gasteiger partial charge in [0.1, 0.15) is 13.2 Å². The van der Waals surface area contributed by atoms with E-state index in [4.69, 9.17) is 14.2 Å². The molecule has 1 unspecified atom stereocenters. The van der Waals surface area contributed by atoms with E-state index in [1.54, 1.807) is 0 Å². The average Bonchev–Trinajstić information content (AvgIpc) is 3.46. The van der Waals surface area contributed by atoms with Gasteiger partial charge in [0, 0.05) is 19.3 Å². The van der Waals surface area contributed by atoms with Gasteiger partial charge in [-0.2, -0.15) is 0 Å². The first-order valence-electron chi connectivity index (χ1n) is 34.0. The number of ether oxygens (including phenoxy) is 3. The van der Waals surface area contributed by atoms with Gasteiger partial charge in [-0.3, -0.25) is 14.4 Å². The third-order valence-electron chi connectivity index (χ3n) is 14.4. The number of allylic oxidation sites excluding steroid dienone is 20. The van der Waals surface area contributed by atoms with Crippen LogP contribution in [0.4, 0.5) is 0 Å². The minimum absolute atomic E-state index is 0.0934. The summed E-state index contributed by atoms with van der Waals surface area (Å²) in [5.74, 6) is -0.933. The summed E-state index contributed by atoms with van der Waals surface area (Å²) in [7, 11) is 0. The molecule has 0 amide bonds. The second-order valence-corrected chi connectivity index (χ2v) is 22.3. The number of carbonyl (C=O) groups excluding carboxylic acids is 3. The Labute approximate surface area is 501 Å². The molecule has 6 nitrogen and oxygen atoms in total. The molecule has 462 valence electrons. The average molecular weight is 1120 g/mol. The Bertz CT molecular complexity index is 1670. The summed E-state index contributed by atoms with van der Waals surface area (Å²) < 4.78 is 16.9. The first kappa shape index (κ1) is 76.8. The van der Waals surface area contributed by atoms with Crippen LogP contribution in [0.25, 0.3) is 0 Å². The van der Waals surface area contributed by atoms with Crippen molar-refractivity contribution in [3.63, 3.8) is 0 Å². The first-order chi connectivity index (χ1) is 40.0. The molecule has 0 aliphatic carbocycles. The zero-order valence-electron chi connectivity index (χ0n) is 53.0. The van der Waals surface area contributed by atoms with Crippen molar-refractivity contribution in [2.45, 2.75) is 322 Å². The fourth-order valence-corrected chi connectivity index (χ4v) is 9.46. The lowest BCUT2D eigenvalue weighted by Crippen LogP contribution is -2.30. The van der Waals surface area contributed by atoms with E-state index < -0.39 is 6.10 Å². The van der Waals surface area contributed by atoms with Gasteiger partial charge in [0.05, 0.1) is 0 Å². The van der Waals surface area contributed by atoms with Gasteiger partial charge in [-0.15, -0.1) is 0 Å². The predicted octanol–water partition coefficient (Wildman–Crippen LogP) is 23.6. The quantitative estimate of drug-likeness (QED) is 0.0261. The van der Waals surface area contributed by atoms with Crippen molar-refractivity contribution >= 4 is 17.9 Å². The molecule has 0 bridgehead atoms. The zero-order chi connectivity index (χ0) is 58.5. The maximum absolute atomic E-state index is 12.9. The van der Waals surface area contributed by atoms with E-state index in [2.05, 4.69) is 142 Å². The van der Waals surface area contributed by atoms with Gasteiger partial charge in [0.25, 0.3) is 0 Å². The van der Waals surface area contributed by atoms with E-state index >= 15 is 0 Å². The standard InChI is InChI=1S/C75H126O6/c1-4-7-10-13-16-19-22-25-27-28-29-30-31-32-33-34-35-36-37-38-39-40-41-42-43-44-45-46-48-50-53-56-59-62-65-68-74(77)80-71-72(70-79-73(76)67-64-61-58-55-52-49-24-21-18-15-12-9-6-3)81-75(78)69-66-63-60-57-54-51-47-26-23-20-17-14-11-8-5-2/h7-12,16-21,25-27,29-30,47,49,52,72H,4-6,13-15,22-24,28,31-46,48,50-51,53-71H2,1-3H3/b10-7-,11-8-,12-9-,19-16-,20-17-,21-18-,27-25-,30-29-,47-26-,52-49-. The van der Waals surface area contributed by atoms with Crippen LogP contribution in [0.5, 0.6) is 0 Å². The van der Waals surface area contributed by atoms with Crippen molar-refractivity contribution < 1.29 is 28.6 Å². The highest BCUT2D eigenvalue weighted by Crippen LogP contribution is 2.17. The smallest absolute Gasteiger partial charge is 0.306 e. The van der Waals surface area contributed by atoms with Crippen LogP contribution in [-0.2, 0) is 28.6 Å². The van der Waals surface area contributed by atoms with Crippen LogP contribution in [0.3, 0.4) is 0 Å². The molecule has 0 aromatic carbocycles. The third kappa shape index (κ3) is 66.5. The fourth-order valence-electron chi connectivity index (χ4n) is 9.46. The van der Waals surface area contributed by atoms with Crippen molar-refractivity contribution in [2.24, 2.45) is 0 Å². The molecule has 1 atom stereocenters. The minimum atomic E-state index is -0.800. The molecule has 0 N–H and O–H groups in total. The lowest BCUT2D eigenvalue weighted by atomic mass is 10.0. The summed E-state index contributed by atoms with van der Waals surface area (Å²) in [5.41, 5.74) is 0. The second kappa shape index (κ2) is 68.3. The Morgan fingerprint density at radius 3 is 0.704 bits per heavy atom. The van der Waals surface area contributed by atoms with Crippen LogP contribution >= 0.6 is 0 Å². The van der Waals surface area contributed by atoms with Crippen LogP contribution in [0.15, 0.2) is 122 Å². The number of rotatable bonds is 61. The van der Waals surface area contributed by atoms with Gasteiger partial charge < -0.3 is 14.2 Å². The van der Waals surface area contributed by atoms with Crippen molar-refractivity contribution in [3.05, 3.63) is 122 Å². The van der Waals surface area contributed by atoms with Crippen LogP contribution in [0, 0.1) is 0 Å².